The maximum atomic E-state index is 12.5. The number of nitrogens with one attached hydrogen (secondary N) is 1. The maximum absolute atomic E-state index is 12.5. The van der Waals surface area contributed by atoms with Crippen molar-refractivity contribution < 1.29 is 18.0 Å². The van der Waals surface area contributed by atoms with Crippen LogP contribution in [-0.4, -0.2) is 16.9 Å². The minimum absolute atomic E-state index is 0.0890. The Morgan fingerprint density at radius 3 is 2.50 bits per heavy atom. The first kappa shape index (κ1) is 10.9. The van der Waals surface area contributed by atoms with Crippen molar-refractivity contribution in [2.24, 2.45) is 5.92 Å². The van der Waals surface area contributed by atoms with E-state index in [1.54, 1.807) is 0 Å². The van der Waals surface area contributed by atoms with Gasteiger partial charge < -0.3 is 4.98 Å². The summed E-state index contributed by atoms with van der Waals surface area (Å²) in [7, 11) is 0. The molecule has 0 bridgehead atoms. The summed E-state index contributed by atoms with van der Waals surface area (Å²) in [6, 6.07) is 2.42. The monoisotopic (exact) mass is 231 g/mol. The van der Waals surface area contributed by atoms with Crippen molar-refractivity contribution in [3.05, 3.63) is 33.7 Å². The highest BCUT2D eigenvalue weighted by molar-refractivity contribution is 5.98. The number of carbonyl (C=O) groups excluding carboxylic acids is 1. The van der Waals surface area contributed by atoms with Gasteiger partial charge in [0.25, 0.3) is 0 Å². The fourth-order valence-corrected chi connectivity index (χ4v) is 1.82. The van der Waals surface area contributed by atoms with Gasteiger partial charge in [0.2, 0.25) is 5.56 Å². The number of aromatic nitrogens is 1. The summed E-state index contributed by atoms with van der Waals surface area (Å²) in [5.41, 5.74) is -0.208. The van der Waals surface area contributed by atoms with Gasteiger partial charge in [-0.25, -0.2) is 0 Å². The molecule has 3 nitrogen and oxygen atoms in total. The van der Waals surface area contributed by atoms with E-state index >= 15 is 0 Å². The van der Waals surface area contributed by atoms with Crippen molar-refractivity contribution in [2.75, 3.05) is 0 Å². The summed E-state index contributed by atoms with van der Waals surface area (Å²) in [6.07, 6.45) is -5.27. The van der Waals surface area contributed by atoms with Gasteiger partial charge in [-0.1, -0.05) is 0 Å². The number of ketones is 1. The van der Waals surface area contributed by atoms with E-state index in [0.717, 1.165) is 6.07 Å². The zero-order valence-electron chi connectivity index (χ0n) is 8.10. The van der Waals surface area contributed by atoms with E-state index in [-0.39, 0.29) is 17.7 Å². The van der Waals surface area contributed by atoms with Gasteiger partial charge >= 0.3 is 6.18 Å². The van der Waals surface area contributed by atoms with Crippen LogP contribution >= 0.6 is 0 Å². The topological polar surface area (TPSA) is 49.9 Å². The second kappa shape index (κ2) is 3.47. The van der Waals surface area contributed by atoms with E-state index in [1.165, 1.54) is 6.07 Å². The summed E-state index contributed by atoms with van der Waals surface area (Å²) < 4.78 is 37.4. The van der Waals surface area contributed by atoms with E-state index in [0.29, 0.717) is 0 Å². The molecule has 0 aromatic carbocycles. The Hall–Kier alpha value is -1.59. The van der Waals surface area contributed by atoms with Gasteiger partial charge in [0.1, 0.15) is 0 Å². The number of H-pyrrole nitrogens is 1. The van der Waals surface area contributed by atoms with E-state index in [4.69, 9.17) is 0 Å². The Kier molecular flexibility index (Phi) is 2.36. The fourth-order valence-electron chi connectivity index (χ4n) is 1.82. The lowest BCUT2D eigenvalue weighted by Gasteiger charge is -2.24. The molecule has 0 spiro atoms. The molecule has 0 radical (unpaired) electrons. The lowest BCUT2D eigenvalue weighted by Crippen LogP contribution is -2.33. The van der Waals surface area contributed by atoms with Crippen molar-refractivity contribution >= 4 is 5.78 Å². The first-order chi connectivity index (χ1) is 7.38. The minimum atomic E-state index is -4.40. The number of alkyl halides is 3. The van der Waals surface area contributed by atoms with Crippen LogP contribution in [0, 0.1) is 5.92 Å². The summed E-state index contributed by atoms with van der Waals surface area (Å²) in [6.45, 7) is 0. The molecule has 0 aliphatic heterocycles. The van der Waals surface area contributed by atoms with Gasteiger partial charge in [0.05, 0.1) is 5.92 Å². The van der Waals surface area contributed by atoms with Gasteiger partial charge in [-0.15, -0.1) is 0 Å². The van der Waals surface area contributed by atoms with Crippen LogP contribution in [0.5, 0.6) is 0 Å². The largest absolute Gasteiger partial charge is 0.392 e. The number of rotatable bonds is 0. The standard InChI is InChI=1S/C10H8F3NO2/c11-10(12,13)5-3-7-6(8(15)4-5)1-2-9(16)14-7/h1-2,5H,3-4H2,(H,14,16)/t5-/m1/s1. The molecule has 1 aliphatic rings. The molecule has 2 rings (SSSR count). The molecule has 16 heavy (non-hydrogen) atoms. The predicted molar refractivity (Wildman–Crippen MR) is 49.3 cm³/mol. The molecule has 1 N–H and O–H groups in total. The third kappa shape index (κ3) is 1.87. The molecule has 1 aromatic rings. The molecule has 0 saturated heterocycles. The third-order valence-electron chi connectivity index (χ3n) is 2.65. The van der Waals surface area contributed by atoms with Crippen LogP contribution in [0.2, 0.25) is 0 Å². The normalized spacial score (nSPS) is 20.7. The molecular weight excluding hydrogens is 223 g/mol. The molecule has 6 heteroatoms. The van der Waals surface area contributed by atoms with Crippen LogP contribution in [0.4, 0.5) is 13.2 Å². The molecular formula is C10H8F3NO2. The first-order valence-corrected chi connectivity index (χ1v) is 4.70. The summed E-state index contributed by atoms with van der Waals surface area (Å²) in [4.78, 5) is 24.7. The molecule has 1 aromatic heterocycles. The molecule has 0 unspecified atom stereocenters. The highest BCUT2D eigenvalue weighted by Crippen LogP contribution is 2.35. The number of hydrogen-bond acceptors (Lipinski definition) is 2. The Bertz CT molecular complexity index is 490. The third-order valence-corrected chi connectivity index (χ3v) is 2.65. The number of pyridine rings is 1. The van der Waals surface area contributed by atoms with Crippen molar-refractivity contribution in [3.8, 4) is 0 Å². The Morgan fingerprint density at radius 1 is 1.19 bits per heavy atom. The number of aromatic amines is 1. The average molecular weight is 231 g/mol. The summed E-state index contributed by atoms with van der Waals surface area (Å²) in [5, 5.41) is 0. The lowest BCUT2D eigenvalue weighted by molar-refractivity contribution is -0.174. The zero-order valence-corrected chi connectivity index (χ0v) is 8.10. The maximum Gasteiger partial charge on any atom is 0.392 e. The summed E-state index contributed by atoms with van der Waals surface area (Å²) >= 11 is 0. The quantitative estimate of drug-likeness (QED) is 0.738. The molecule has 0 fully saturated rings. The van der Waals surface area contributed by atoms with Crippen molar-refractivity contribution in [2.45, 2.75) is 19.0 Å². The van der Waals surface area contributed by atoms with E-state index in [9.17, 15) is 22.8 Å². The van der Waals surface area contributed by atoms with Crippen molar-refractivity contribution in [1.29, 1.82) is 0 Å². The minimum Gasteiger partial charge on any atom is -0.325 e. The van der Waals surface area contributed by atoms with Crippen LogP contribution in [0.3, 0.4) is 0 Å². The fraction of sp³-hybridized carbons (Fsp3) is 0.400. The smallest absolute Gasteiger partial charge is 0.325 e. The SMILES string of the molecule is O=C1C[C@H](C(F)(F)F)Cc2[nH]c(=O)ccc21. The number of halogens is 3. The number of hydrogen-bond donors (Lipinski definition) is 1. The average Bonchev–Trinajstić information content (AvgIpc) is 2.15. The predicted octanol–water partition coefficient (Wildman–Crippen LogP) is 1.68. The van der Waals surface area contributed by atoms with Gasteiger partial charge in [0, 0.05) is 30.2 Å². The van der Waals surface area contributed by atoms with Crippen LogP contribution in [-0.2, 0) is 6.42 Å². The Balaban J connectivity index is 2.42. The first-order valence-electron chi connectivity index (χ1n) is 4.70. The highest BCUT2D eigenvalue weighted by Gasteiger charge is 2.43. The molecule has 0 amide bonds. The molecule has 0 saturated carbocycles. The Labute approximate surface area is 88.3 Å². The van der Waals surface area contributed by atoms with Crippen LogP contribution in [0.1, 0.15) is 22.5 Å². The van der Waals surface area contributed by atoms with Crippen LogP contribution in [0.25, 0.3) is 0 Å². The van der Waals surface area contributed by atoms with Crippen LogP contribution < -0.4 is 5.56 Å². The Morgan fingerprint density at radius 2 is 1.88 bits per heavy atom. The molecule has 1 aliphatic carbocycles. The molecule has 1 atom stereocenters. The van der Waals surface area contributed by atoms with E-state index < -0.39 is 29.9 Å². The van der Waals surface area contributed by atoms with Gasteiger partial charge in [0.15, 0.2) is 5.78 Å². The van der Waals surface area contributed by atoms with Crippen molar-refractivity contribution in [3.63, 3.8) is 0 Å². The van der Waals surface area contributed by atoms with Gasteiger partial charge in [-0.05, 0) is 6.07 Å². The lowest BCUT2D eigenvalue weighted by atomic mass is 9.85. The van der Waals surface area contributed by atoms with Crippen molar-refractivity contribution in [1.82, 2.24) is 4.98 Å². The molecule has 86 valence electrons. The summed E-state index contributed by atoms with van der Waals surface area (Å²) in [5.74, 6) is -2.26. The zero-order chi connectivity index (χ0) is 11.9. The van der Waals surface area contributed by atoms with E-state index in [2.05, 4.69) is 4.98 Å². The van der Waals surface area contributed by atoms with Gasteiger partial charge in [-0.2, -0.15) is 13.2 Å². The number of fused-ring (bicyclic) bond motifs is 1. The number of Topliss-reactive ketones (excluding diaryl/α,β-unsaturated/α-hetero) is 1. The van der Waals surface area contributed by atoms with E-state index in [1.807, 2.05) is 0 Å². The van der Waals surface area contributed by atoms with Gasteiger partial charge in [-0.3, -0.25) is 9.59 Å². The van der Waals surface area contributed by atoms with Crippen LogP contribution in [0.15, 0.2) is 16.9 Å². The number of carbonyl (C=O) groups is 1. The highest BCUT2D eigenvalue weighted by atomic mass is 19.4. The molecule has 1 heterocycles. The second-order valence-electron chi connectivity index (χ2n) is 3.78. The second-order valence-corrected chi connectivity index (χ2v) is 3.78.